The summed E-state index contributed by atoms with van der Waals surface area (Å²) in [5.74, 6) is 0.0223. The van der Waals surface area contributed by atoms with E-state index in [0.29, 0.717) is 17.1 Å². The fourth-order valence-corrected chi connectivity index (χ4v) is 1.82. The van der Waals surface area contributed by atoms with Crippen LogP contribution in [0.1, 0.15) is 15.9 Å². The monoisotopic (exact) mass is 330 g/mol. The van der Waals surface area contributed by atoms with Crippen molar-refractivity contribution in [3.05, 3.63) is 65.7 Å². The highest BCUT2D eigenvalue weighted by Gasteiger charge is 2.08. The molecular formula is C17H14O5S. The van der Waals surface area contributed by atoms with Gasteiger partial charge in [0.05, 0.1) is 12.7 Å². The molecule has 23 heavy (non-hydrogen) atoms. The van der Waals surface area contributed by atoms with Crippen molar-refractivity contribution >= 4 is 30.9 Å². The minimum atomic E-state index is -0.478. The van der Waals surface area contributed by atoms with Crippen LogP contribution in [0.3, 0.4) is 0 Å². The third-order valence-corrected chi connectivity index (χ3v) is 3.11. The van der Waals surface area contributed by atoms with Gasteiger partial charge in [0.2, 0.25) is 0 Å². The topological polar surface area (TPSA) is 61.8 Å². The predicted octanol–water partition coefficient (Wildman–Crippen LogP) is 3.32. The smallest absolute Gasteiger partial charge is 0.343 e. The molecule has 0 saturated heterocycles. The van der Waals surface area contributed by atoms with E-state index in [1.807, 2.05) is 0 Å². The highest BCUT2D eigenvalue weighted by atomic mass is 32.1. The highest BCUT2D eigenvalue weighted by Crippen LogP contribution is 2.17. The summed E-state index contributed by atoms with van der Waals surface area (Å²) in [5, 5.41) is 0. The van der Waals surface area contributed by atoms with Gasteiger partial charge in [0, 0.05) is 19.0 Å². The predicted molar refractivity (Wildman–Crippen MR) is 88.5 cm³/mol. The van der Waals surface area contributed by atoms with Crippen molar-refractivity contribution in [3.8, 4) is 11.5 Å². The lowest BCUT2D eigenvalue weighted by Gasteiger charge is -2.05. The molecule has 0 unspecified atom stereocenters. The van der Waals surface area contributed by atoms with E-state index >= 15 is 0 Å². The molecule has 0 radical (unpaired) electrons. The van der Waals surface area contributed by atoms with E-state index in [1.165, 1.54) is 13.2 Å². The van der Waals surface area contributed by atoms with Gasteiger partial charge in [0.1, 0.15) is 11.5 Å². The number of esters is 2. The van der Waals surface area contributed by atoms with Gasteiger partial charge in [-0.1, -0.05) is 12.1 Å². The zero-order chi connectivity index (χ0) is 16.7. The Balaban J connectivity index is 2.00. The van der Waals surface area contributed by atoms with Gasteiger partial charge in [-0.3, -0.25) is 0 Å². The first-order valence-electron chi connectivity index (χ1n) is 6.62. The van der Waals surface area contributed by atoms with Crippen molar-refractivity contribution in [2.45, 2.75) is 0 Å². The molecule has 0 aliphatic heterocycles. The molecule has 0 aromatic heterocycles. The third kappa shape index (κ3) is 4.89. The van der Waals surface area contributed by atoms with Crippen LogP contribution in [0, 0.1) is 0 Å². The van der Waals surface area contributed by atoms with Gasteiger partial charge < -0.3 is 13.7 Å². The molecule has 0 fully saturated rings. The van der Waals surface area contributed by atoms with Gasteiger partial charge in [-0.25, -0.2) is 9.59 Å². The van der Waals surface area contributed by atoms with E-state index in [9.17, 15) is 9.59 Å². The summed E-state index contributed by atoms with van der Waals surface area (Å²) in [5.41, 5.74) is 1.18. The van der Waals surface area contributed by atoms with Crippen molar-refractivity contribution in [3.63, 3.8) is 0 Å². The summed E-state index contributed by atoms with van der Waals surface area (Å²) in [6.45, 7) is 0. The van der Waals surface area contributed by atoms with Crippen LogP contribution in [0.5, 0.6) is 11.5 Å². The quantitative estimate of drug-likeness (QED) is 0.300. The Bertz CT molecular complexity index is 705. The van der Waals surface area contributed by atoms with Gasteiger partial charge in [-0.05, 0) is 48.0 Å². The molecule has 0 bridgehead atoms. The number of benzene rings is 2. The van der Waals surface area contributed by atoms with Crippen LogP contribution in [-0.4, -0.2) is 19.0 Å². The van der Waals surface area contributed by atoms with Gasteiger partial charge in [0.25, 0.3) is 0 Å². The van der Waals surface area contributed by atoms with Gasteiger partial charge in [-0.15, -0.1) is 0 Å². The molecule has 6 heteroatoms. The van der Waals surface area contributed by atoms with Crippen LogP contribution in [0.4, 0.5) is 0 Å². The highest BCUT2D eigenvalue weighted by molar-refractivity contribution is 7.75. The van der Waals surface area contributed by atoms with Gasteiger partial charge in [-0.2, -0.15) is 0 Å². The second-order valence-corrected chi connectivity index (χ2v) is 4.61. The Hall–Kier alpha value is -2.73. The number of rotatable bonds is 5. The number of hydrogen-bond acceptors (Lipinski definition) is 6. The van der Waals surface area contributed by atoms with Crippen molar-refractivity contribution in [1.29, 1.82) is 0 Å². The molecule has 0 aliphatic carbocycles. The number of carbonyl (C=O) groups is 2. The molecule has 0 spiro atoms. The molecule has 0 aliphatic rings. The summed E-state index contributed by atoms with van der Waals surface area (Å²) in [7, 11) is 1.31. The van der Waals surface area contributed by atoms with Gasteiger partial charge >= 0.3 is 11.9 Å². The normalized spacial score (nSPS) is 10.3. The van der Waals surface area contributed by atoms with Crippen molar-refractivity contribution in [2.24, 2.45) is 0 Å². The Labute approximate surface area is 139 Å². The first-order chi connectivity index (χ1) is 11.1. The van der Waals surface area contributed by atoms with Crippen molar-refractivity contribution < 1.29 is 23.2 Å². The molecule has 2 aromatic rings. The lowest BCUT2D eigenvalue weighted by atomic mass is 10.2. The molecule has 0 heterocycles. The number of carbonyl (C=O) groups excluding carboxylic acids is 2. The third-order valence-electron chi connectivity index (χ3n) is 2.90. The first-order valence-corrected chi connectivity index (χ1v) is 6.98. The van der Waals surface area contributed by atoms with Crippen LogP contribution in [-0.2, 0) is 9.53 Å². The number of thiol groups is 1. The Kier molecular flexibility index (Phi) is 5.82. The van der Waals surface area contributed by atoms with Crippen LogP contribution in [0.15, 0.2) is 54.6 Å². The van der Waals surface area contributed by atoms with Crippen LogP contribution in [0.2, 0.25) is 0 Å². The van der Waals surface area contributed by atoms with E-state index in [4.69, 9.17) is 8.92 Å². The Morgan fingerprint density at radius 3 is 2.13 bits per heavy atom. The Morgan fingerprint density at radius 1 is 0.957 bits per heavy atom. The zero-order valence-corrected chi connectivity index (χ0v) is 13.2. The van der Waals surface area contributed by atoms with E-state index in [2.05, 4.69) is 17.6 Å². The molecule has 118 valence electrons. The average Bonchev–Trinajstić information content (AvgIpc) is 2.60. The molecule has 0 atom stereocenters. The lowest BCUT2D eigenvalue weighted by molar-refractivity contribution is -0.134. The summed E-state index contributed by atoms with van der Waals surface area (Å²) < 4.78 is 14.5. The van der Waals surface area contributed by atoms with Crippen LogP contribution >= 0.6 is 12.9 Å². The number of methoxy groups -OCH3 is 1. The zero-order valence-electron chi connectivity index (χ0n) is 12.3. The summed E-state index contributed by atoms with van der Waals surface area (Å²) in [6.07, 6.45) is 2.92. The minimum absolute atomic E-state index is 0.397. The van der Waals surface area contributed by atoms with E-state index in [-0.39, 0.29) is 0 Å². The fourth-order valence-electron chi connectivity index (χ4n) is 1.70. The van der Waals surface area contributed by atoms with Crippen molar-refractivity contribution in [1.82, 2.24) is 0 Å². The minimum Gasteiger partial charge on any atom is -0.466 e. The van der Waals surface area contributed by atoms with E-state index < -0.39 is 11.9 Å². The summed E-state index contributed by atoms with van der Waals surface area (Å²) in [6, 6.07) is 13.1. The molecule has 5 nitrogen and oxygen atoms in total. The molecule has 0 N–H and O–H groups in total. The summed E-state index contributed by atoms with van der Waals surface area (Å²) >= 11 is 3.67. The fraction of sp³-hybridized carbons (Fsp3) is 0.0588. The second kappa shape index (κ2) is 8.05. The standard InChI is InChI=1S/C17H14O5S/c1-20-16(18)11-4-12-2-7-14(8-3-12)21-17(19)13-5-9-15(22-23)10-6-13/h2-11,23H,1H3/b11-4+. The summed E-state index contributed by atoms with van der Waals surface area (Å²) in [4.78, 5) is 23.0. The molecule has 2 rings (SSSR count). The van der Waals surface area contributed by atoms with Crippen LogP contribution in [0.25, 0.3) is 6.08 Å². The maximum absolute atomic E-state index is 12.0. The van der Waals surface area contributed by atoms with Crippen LogP contribution < -0.4 is 8.92 Å². The molecule has 0 saturated carbocycles. The first kappa shape index (κ1) is 16.6. The van der Waals surface area contributed by atoms with Gasteiger partial charge in [0.15, 0.2) is 0 Å². The molecule has 2 aromatic carbocycles. The Morgan fingerprint density at radius 2 is 1.57 bits per heavy atom. The number of ether oxygens (including phenoxy) is 2. The van der Waals surface area contributed by atoms with E-state index in [1.54, 1.807) is 54.6 Å². The lowest BCUT2D eigenvalue weighted by Crippen LogP contribution is -2.08. The SMILES string of the molecule is COC(=O)/C=C/c1ccc(OC(=O)c2ccc(OS)cc2)cc1. The largest absolute Gasteiger partial charge is 0.466 e. The maximum atomic E-state index is 12.0. The average molecular weight is 330 g/mol. The molecule has 0 amide bonds. The second-order valence-electron chi connectivity index (χ2n) is 4.43. The maximum Gasteiger partial charge on any atom is 0.343 e. The molecular weight excluding hydrogens is 316 g/mol. The van der Waals surface area contributed by atoms with Crippen molar-refractivity contribution in [2.75, 3.05) is 7.11 Å². The number of hydrogen-bond donors (Lipinski definition) is 1. The van der Waals surface area contributed by atoms with E-state index in [0.717, 1.165) is 5.56 Å².